The summed E-state index contributed by atoms with van der Waals surface area (Å²) in [6.45, 7) is 9.96. The van der Waals surface area contributed by atoms with Gasteiger partial charge in [-0.1, -0.05) is 19.1 Å². The van der Waals surface area contributed by atoms with Gasteiger partial charge in [0.05, 0.1) is 26.9 Å². The van der Waals surface area contributed by atoms with Crippen LogP contribution in [0.4, 0.5) is 0 Å². The van der Waals surface area contributed by atoms with Crippen LogP contribution in [0.1, 0.15) is 30.3 Å². The molecule has 8 nitrogen and oxygen atoms in total. The van der Waals surface area contributed by atoms with Gasteiger partial charge in [0, 0.05) is 37.6 Å². The zero-order chi connectivity index (χ0) is 20.9. The highest BCUT2D eigenvalue weighted by molar-refractivity contribution is 6.06. The van der Waals surface area contributed by atoms with E-state index < -0.39 is 0 Å². The van der Waals surface area contributed by atoms with Gasteiger partial charge in [-0.3, -0.25) is 19.3 Å². The van der Waals surface area contributed by atoms with Crippen LogP contribution in [0.15, 0.2) is 18.2 Å². The minimum atomic E-state index is -0.110. The van der Waals surface area contributed by atoms with E-state index in [0.717, 1.165) is 69.0 Å². The lowest BCUT2D eigenvalue weighted by atomic mass is 10.1. The van der Waals surface area contributed by atoms with Crippen molar-refractivity contribution in [2.45, 2.75) is 32.4 Å². The third-order valence-corrected chi connectivity index (χ3v) is 6.30. The molecule has 164 valence electrons. The summed E-state index contributed by atoms with van der Waals surface area (Å²) in [6.07, 6.45) is 2.33. The number of likely N-dealkylation sites (N-methyl/N-ethyl adjacent to an activating group) is 1. The topological polar surface area (TPSA) is 71.9 Å². The second-order valence-corrected chi connectivity index (χ2v) is 8.02. The van der Waals surface area contributed by atoms with Crippen LogP contribution in [-0.4, -0.2) is 91.1 Å². The molecule has 1 aromatic carbocycles. The number of likely N-dealkylation sites (tertiary alicyclic amines) is 1. The number of hydrogen-bond acceptors (Lipinski definition) is 6. The summed E-state index contributed by atoms with van der Waals surface area (Å²) in [6, 6.07) is 6.22. The van der Waals surface area contributed by atoms with Crippen molar-refractivity contribution in [1.29, 1.82) is 0 Å². The number of rotatable bonds is 8. The Kier molecular flexibility index (Phi) is 6.86. The van der Waals surface area contributed by atoms with Gasteiger partial charge < -0.3 is 14.8 Å². The highest BCUT2D eigenvalue weighted by atomic mass is 16.5. The molecule has 2 saturated heterocycles. The summed E-state index contributed by atoms with van der Waals surface area (Å²) in [5.74, 6) is 0.635. The Morgan fingerprint density at radius 2 is 2.10 bits per heavy atom. The summed E-state index contributed by atoms with van der Waals surface area (Å²) in [7, 11) is 1.66. The number of nitrogens with zero attached hydrogens (tertiary/aromatic N) is 4. The van der Waals surface area contributed by atoms with Crippen molar-refractivity contribution in [3.05, 3.63) is 23.9 Å². The molecule has 1 atom stereocenters. The molecule has 0 bridgehead atoms. The molecule has 1 unspecified atom stereocenters. The first-order valence-corrected chi connectivity index (χ1v) is 11.1. The van der Waals surface area contributed by atoms with Gasteiger partial charge in [-0.2, -0.15) is 5.10 Å². The second kappa shape index (κ2) is 9.76. The van der Waals surface area contributed by atoms with Crippen LogP contribution in [0.5, 0.6) is 5.75 Å². The number of para-hydroxylation sites is 1. The lowest BCUT2D eigenvalue weighted by Gasteiger charge is -2.26. The van der Waals surface area contributed by atoms with E-state index in [-0.39, 0.29) is 5.91 Å². The normalized spacial score (nSPS) is 20.7. The lowest BCUT2D eigenvalue weighted by molar-refractivity contribution is 0.0361. The van der Waals surface area contributed by atoms with Crippen LogP contribution in [0.25, 0.3) is 10.9 Å². The molecule has 1 amide bonds. The minimum absolute atomic E-state index is 0.110. The number of methoxy groups -OCH3 is 1. The highest BCUT2D eigenvalue weighted by Gasteiger charge is 2.25. The third kappa shape index (κ3) is 4.45. The Morgan fingerprint density at radius 3 is 2.87 bits per heavy atom. The average molecular weight is 416 g/mol. The quantitative estimate of drug-likeness (QED) is 0.706. The Balaban J connectivity index is 1.52. The van der Waals surface area contributed by atoms with Crippen LogP contribution in [0, 0.1) is 0 Å². The molecule has 2 aliphatic heterocycles. The van der Waals surface area contributed by atoms with Crippen molar-refractivity contribution in [3.8, 4) is 5.75 Å². The van der Waals surface area contributed by atoms with Crippen molar-refractivity contribution >= 4 is 16.8 Å². The molecule has 2 aromatic rings. The molecule has 8 heteroatoms. The fourth-order valence-electron chi connectivity index (χ4n) is 4.60. The molecular formula is C22H33N5O3. The fourth-order valence-corrected chi connectivity index (χ4v) is 4.60. The van der Waals surface area contributed by atoms with Crippen molar-refractivity contribution in [2.24, 2.45) is 0 Å². The highest BCUT2D eigenvalue weighted by Crippen LogP contribution is 2.28. The van der Waals surface area contributed by atoms with Crippen LogP contribution < -0.4 is 10.1 Å². The number of hydrogen-bond donors (Lipinski definition) is 1. The van der Waals surface area contributed by atoms with Gasteiger partial charge >= 0.3 is 0 Å². The van der Waals surface area contributed by atoms with Crippen LogP contribution in [-0.2, 0) is 11.3 Å². The number of ether oxygens (including phenoxy) is 2. The van der Waals surface area contributed by atoms with Crippen molar-refractivity contribution in [3.63, 3.8) is 0 Å². The number of aromatic nitrogens is 2. The molecule has 0 radical (unpaired) electrons. The number of morpholine rings is 1. The summed E-state index contributed by atoms with van der Waals surface area (Å²) >= 11 is 0. The summed E-state index contributed by atoms with van der Waals surface area (Å²) in [5, 5.41) is 8.69. The molecular weight excluding hydrogens is 382 g/mol. The minimum Gasteiger partial charge on any atom is -0.494 e. The van der Waals surface area contributed by atoms with E-state index in [1.165, 1.54) is 6.42 Å². The number of fused-ring (bicyclic) bond motifs is 1. The molecule has 0 spiro atoms. The van der Waals surface area contributed by atoms with E-state index in [1.807, 2.05) is 22.9 Å². The molecule has 3 heterocycles. The van der Waals surface area contributed by atoms with Gasteiger partial charge in [0.1, 0.15) is 11.3 Å². The summed E-state index contributed by atoms with van der Waals surface area (Å²) in [4.78, 5) is 17.9. The zero-order valence-corrected chi connectivity index (χ0v) is 18.1. The standard InChI is InChI=1S/C22H33N5O3/c1-3-26-9-5-6-17(26)16-23-22(28)20-18-7-4-8-19(29-2)21(18)27(24-20)11-10-25-12-14-30-15-13-25/h4,7-8,17H,3,5-6,9-16H2,1-2H3,(H,23,28). The van der Waals surface area contributed by atoms with E-state index >= 15 is 0 Å². The van der Waals surface area contributed by atoms with E-state index in [1.54, 1.807) is 7.11 Å². The maximum absolute atomic E-state index is 13.1. The van der Waals surface area contributed by atoms with Gasteiger partial charge in [0.15, 0.2) is 5.69 Å². The molecule has 1 aromatic heterocycles. The van der Waals surface area contributed by atoms with Crippen LogP contribution >= 0.6 is 0 Å². The Labute approximate surface area is 178 Å². The zero-order valence-electron chi connectivity index (χ0n) is 18.1. The van der Waals surface area contributed by atoms with Crippen molar-refractivity contribution in [1.82, 2.24) is 24.9 Å². The predicted molar refractivity (Wildman–Crippen MR) is 116 cm³/mol. The summed E-state index contributed by atoms with van der Waals surface area (Å²) in [5.41, 5.74) is 1.36. The SMILES string of the molecule is CCN1CCCC1CNC(=O)c1nn(CCN2CCOCC2)c2c(OC)cccc12. The molecule has 1 N–H and O–H groups in total. The molecule has 4 rings (SSSR count). The summed E-state index contributed by atoms with van der Waals surface area (Å²) < 4.78 is 13.0. The Morgan fingerprint density at radius 1 is 1.27 bits per heavy atom. The van der Waals surface area contributed by atoms with Gasteiger partial charge in [0.2, 0.25) is 0 Å². The van der Waals surface area contributed by atoms with Crippen molar-refractivity contribution in [2.75, 3.05) is 59.6 Å². The molecule has 0 saturated carbocycles. The maximum Gasteiger partial charge on any atom is 0.272 e. The van der Waals surface area contributed by atoms with E-state index in [4.69, 9.17) is 14.6 Å². The van der Waals surface area contributed by atoms with Crippen LogP contribution in [0.2, 0.25) is 0 Å². The predicted octanol–water partition coefficient (Wildman–Crippen LogP) is 1.59. The number of carbonyl (C=O) groups is 1. The number of carbonyl (C=O) groups excluding carboxylic acids is 1. The second-order valence-electron chi connectivity index (χ2n) is 8.02. The van der Waals surface area contributed by atoms with Crippen molar-refractivity contribution < 1.29 is 14.3 Å². The number of amides is 1. The number of nitrogens with one attached hydrogen (secondary N) is 1. The lowest BCUT2D eigenvalue weighted by Crippen LogP contribution is -2.40. The largest absolute Gasteiger partial charge is 0.494 e. The first kappa shape index (κ1) is 21.1. The van der Waals surface area contributed by atoms with E-state index in [0.29, 0.717) is 24.8 Å². The van der Waals surface area contributed by atoms with Gasteiger partial charge in [-0.25, -0.2) is 0 Å². The first-order valence-electron chi connectivity index (χ1n) is 11.1. The average Bonchev–Trinajstić information content (AvgIpc) is 3.41. The van der Waals surface area contributed by atoms with E-state index in [9.17, 15) is 4.79 Å². The molecule has 0 aliphatic carbocycles. The fraction of sp³-hybridized carbons (Fsp3) is 0.636. The first-order chi connectivity index (χ1) is 14.7. The van der Waals surface area contributed by atoms with Gasteiger partial charge in [-0.05, 0) is 32.0 Å². The Bertz CT molecular complexity index is 862. The molecule has 30 heavy (non-hydrogen) atoms. The van der Waals surface area contributed by atoms with Crippen LogP contribution in [0.3, 0.4) is 0 Å². The van der Waals surface area contributed by atoms with Gasteiger partial charge in [0.25, 0.3) is 5.91 Å². The molecule has 2 fully saturated rings. The van der Waals surface area contributed by atoms with E-state index in [2.05, 4.69) is 22.0 Å². The molecule has 2 aliphatic rings. The monoisotopic (exact) mass is 415 g/mol. The third-order valence-electron chi connectivity index (χ3n) is 6.30. The Hall–Kier alpha value is -2.16. The number of benzene rings is 1. The maximum atomic E-state index is 13.1. The smallest absolute Gasteiger partial charge is 0.272 e. The van der Waals surface area contributed by atoms with Gasteiger partial charge in [-0.15, -0.1) is 0 Å².